The second-order valence-electron chi connectivity index (χ2n) is 6.41. The van der Waals surface area contributed by atoms with E-state index in [-0.39, 0.29) is 18.0 Å². The van der Waals surface area contributed by atoms with E-state index in [1.807, 2.05) is 9.47 Å². The van der Waals surface area contributed by atoms with Crippen molar-refractivity contribution in [2.45, 2.75) is 38.6 Å². The molecule has 8 nitrogen and oxygen atoms in total. The maximum absolute atomic E-state index is 12.5. The molecule has 2 aromatic rings. The summed E-state index contributed by atoms with van der Waals surface area (Å²) in [6.07, 6.45) is 3.61. The summed E-state index contributed by atoms with van der Waals surface area (Å²) >= 11 is 5.33. The van der Waals surface area contributed by atoms with Crippen molar-refractivity contribution in [3.8, 4) is 0 Å². The van der Waals surface area contributed by atoms with Gasteiger partial charge in [0, 0.05) is 38.2 Å². The fraction of sp³-hybridized carbons (Fsp3) is 0.600. The lowest BCUT2D eigenvalue weighted by atomic mass is 9.97. The summed E-state index contributed by atoms with van der Waals surface area (Å²) in [5, 5.41) is 14.3. The van der Waals surface area contributed by atoms with Crippen molar-refractivity contribution < 1.29 is 4.79 Å². The largest absolute Gasteiger partial charge is 0.324 e. The van der Waals surface area contributed by atoms with E-state index in [4.69, 9.17) is 12.2 Å². The SMILES string of the molecule is CC(C)n1c(C2CCCN(C(=O)Nc3ccnn3C)C2)n[nH]c1=S. The fourth-order valence-corrected chi connectivity index (χ4v) is 3.51. The van der Waals surface area contributed by atoms with E-state index in [0.29, 0.717) is 17.1 Å². The quantitative estimate of drug-likeness (QED) is 0.835. The summed E-state index contributed by atoms with van der Waals surface area (Å²) in [7, 11) is 1.80. The molecule has 3 heterocycles. The highest BCUT2D eigenvalue weighted by Gasteiger charge is 2.29. The van der Waals surface area contributed by atoms with Crippen LogP contribution in [0.1, 0.15) is 44.5 Å². The van der Waals surface area contributed by atoms with Gasteiger partial charge in [0.2, 0.25) is 0 Å². The average molecular weight is 349 g/mol. The Morgan fingerprint density at radius 1 is 1.50 bits per heavy atom. The third-order valence-electron chi connectivity index (χ3n) is 4.38. The van der Waals surface area contributed by atoms with Gasteiger partial charge in [-0.15, -0.1) is 0 Å². The minimum atomic E-state index is -0.103. The number of H-pyrrole nitrogens is 1. The highest BCUT2D eigenvalue weighted by molar-refractivity contribution is 7.71. The first-order chi connectivity index (χ1) is 11.5. The topological polar surface area (TPSA) is 83.8 Å². The lowest BCUT2D eigenvalue weighted by Gasteiger charge is -2.32. The van der Waals surface area contributed by atoms with E-state index in [1.54, 1.807) is 24.0 Å². The van der Waals surface area contributed by atoms with Crippen molar-refractivity contribution >= 4 is 24.1 Å². The van der Waals surface area contributed by atoms with Crippen molar-refractivity contribution in [1.29, 1.82) is 0 Å². The van der Waals surface area contributed by atoms with Crippen molar-refractivity contribution in [2.75, 3.05) is 18.4 Å². The Hall–Kier alpha value is -2.16. The summed E-state index contributed by atoms with van der Waals surface area (Å²) in [6, 6.07) is 1.92. The summed E-state index contributed by atoms with van der Waals surface area (Å²) in [4.78, 5) is 14.4. The molecule has 1 atom stereocenters. The van der Waals surface area contributed by atoms with Crippen LogP contribution in [0.25, 0.3) is 0 Å². The van der Waals surface area contributed by atoms with E-state index in [1.165, 1.54) is 0 Å². The number of urea groups is 1. The third kappa shape index (κ3) is 3.21. The molecule has 130 valence electrons. The lowest BCUT2D eigenvalue weighted by Crippen LogP contribution is -2.42. The molecule has 0 saturated carbocycles. The van der Waals surface area contributed by atoms with Gasteiger partial charge in [-0.1, -0.05) is 0 Å². The number of carbonyl (C=O) groups excluding carboxylic acids is 1. The zero-order valence-electron chi connectivity index (χ0n) is 14.2. The van der Waals surface area contributed by atoms with Crippen LogP contribution in [0.2, 0.25) is 0 Å². The van der Waals surface area contributed by atoms with Crippen molar-refractivity contribution in [3.05, 3.63) is 22.9 Å². The number of hydrogen-bond acceptors (Lipinski definition) is 4. The summed E-state index contributed by atoms with van der Waals surface area (Å²) < 4.78 is 4.32. The molecule has 0 aromatic carbocycles. The molecule has 1 fully saturated rings. The molecule has 2 amide bonds. The van der Waals surface area contributed by atoms with Gasteiger partial charge in [0.15, 0.2) is 4.77 Å². The molecule has 1 aliphatic heterocycles. The van der Waals surface area contributed by atoms with Crippen LogP contribution in [0.3, 0.4) is 0 Å². The van der Waals surface area contributed by atoms with E-state index < -0.39 is 0 Å². The van der Waals surface area contributed by atoms with Gasteiger partial charge in [0.1, 0.15) is 11.6 Å². The number of aromatic amines is 1. The minimum Gasteiger partial charge on any atom is -0.324 e. The van der Waals surface area contributed by atoms with Gasteiger partial charge < -0.3 is 9.47 Å². The first kappa shape index (κ1) is 16.7. The van der Waals surface area contributed by atoms with Gasteiger partial charge in [-0.25, -0.2) is 4.79 Å². The molecule has 3 rings (SSSR count). The summed E-state index contributed by atoms with van der Waals surface area (Å²) in [5.74, 6) is 1.81. The predicted molar refractivity (Wildman–Crippen MR) is 93.6 cm³/mol. The molecule has 0 spiro atoms. The Morgan fingerprint density at radius 3 is 2.96 bits per heavy atom. The summed E-state index contributed by atoms with van der Waals surface area (Å²) in [5.41, 5.74) is 0. The van der Waals surface area contributed by atoms with E-state index in [9.17, 15) is 4.79 Å². The number of amides is 2. The van der Waals surface area contributed by atoms with Gasteiger partial charge in [-0.2, -0.15) is 10.2 Å². The zero-order chi connectivity index (χ0) is 17.3. The second-order valence-corrected chi connectivity index (χ2v) is 6.79. The fourth-order valence-electron chi connectivity index (χ4n) is 3.16. The number of rotatable bonds is 3. The molecule has 1 aliphatic rings. The molecule has 1 unspecified atom stereocenters. The van der Waals surface area contributed by atoms with Crippen molar-refractivity contribution in [1.82, 2.24) is 29.4 Å². The number of carbonyl (C=O) groups is 1. The van der Waals surface area contributed by atoms with Crippen molar-refractivity contribution in [3.63, 3.8) is 0 Å². The monoisotopic (exact) mass is 349 g/mol. The first-order valence-electron chi connectivity index (χ1n) is 8.18. The highest BCUT2D eigenvalue weighted by Crippen LogP contribution is 2.27. The van der Waals surface area contributed by atoms with Crippen LogP contribution in [-0.2, 0) is 7.05 Å². The Morgan fingerprint density at radius 2 is 2.29 bits per heavy atom. The van der Waals surface area contributed by atoms with Crippen LogP contribution < -0.4 is 5.32 Å². The zero-order valence-corrected chi connectivity index (χ0v) is 15.0. The van der Waals surface area contributed by atoms with Crippen LogP contribution in [0.4, 0.5) is 10.6 Å². The Labute approximate surface area is 145 Å². The first-order valence-corrected chi connectivity index (χ1v) is 8.59. The normalized spacial score (nSPS) is 18.2. The van der Waals surface area contributed by atoms with Crippen LogP contribution >= 0.6 is 12.2 Å². The number of hydrogen-bond donors (Lipinski definition) is 2. The summed E-state index contributed by atoms with van der Waals surface area (Å²) in [6.45, 7) is 5.55. The molecule has 2 aromatic heterocycles. The predicted octanol–water partition coefficient (Wildman–Crippen LogP) is 2.67. The Balaban J connectivity index is 1.74. The second kappa shape index (κ2) is 6.76. The number of anilines is 1. The van der Waals surface area contributed by atoms with Gasteiger partial charge in [0.25, 0.3) is 0 Å². The molecule has 0 aliphatic carbocycles. The van der Waals surface area contributed by atoms with Gasteiger partial charge >= 0.3 is 6.03 Å². The number of likely N-dealkylation sites (tertiary alicyclic amines) is 1. The van der Waals surface area contributed by atoms with Gasteiger partial charge in [-0.3, -0.25) is 15.1 Å². The van der Waals surface area contributed by atoms with E-state index >= 15 is 0 Å². The molecule has 1 saturated heterocycles. The van der Waals surface area contributed by atoms with E-state index in [0.717, 1.165) is 25.2 Å². The molecule has 2 N–H and O–H groups in total. The number of nitrogens with one attached hydrogen (secondary N) is 2. The van der Waals surface area contributed by atoms with E-state index in [2.05, 4.69) is 34.5 Å². The average Bonchev–Trinajstić information content (AvgIpc) is 3.13. The van der Waals surface area contributed by atoms with Crippen molar-refractivity contribution in [2.24, 2.45) is 7.05 Å². The smallest absolute Gasteiger partial charge is 0.323 e. The van der Waals surface area contributed by atoms with Crippen LogP contribution in [-0.4, -0.2) is 48.6 Å². The Bertz CT molecular complexity index is 775. The third-order valence-corrected chi connectivity index (χ3v) is 4.67. The number of aryl methyl sites for hydroxylation is 1. The molecule has 0 radical (unpaired) electrons. The molecule has 0 bridgehead atoms. The van der Waals surface area contributed by atoms with Gasteiger partial charge in [0.05, 0.1) is 6.20 Å². The standard InChI is InChI=1S/C15H23N7OS/c1-10(2)22-13(18-19-15(22)24)11-5-4-8-21(9-11)14(23)17-12-6-7-16-20(12)3/h6-7,10-11H,4-5,8-9H2,1-3H3,(H,17,23)(H,19,24). The molecule has 24 heavy (non-hydrogen) atoms. The van der Waals surface area contributed by atoms with Gasteiger partial charge in [-0.05, 0) is 38.9 Å². The highest BCUT2D eigenvalue weighted by atomic mass is 32.1. The molecular weight excluding hydrogens is 326 g/mol. The maximum Gasteiger partial charge on any atom is 0.323 e. The number of piperidine rings is 1. The number of nitrogens with zero attached hydrogens (tertiary/aromatic N) is 5. The van der Waals surface area contributed by atoms with Crippen LogP contribution in [0, 0.1) is 4.77 Å². The molecule has 9 heteroatoms. The Kier molecular flexibility index (Phi) is 4.70. The maximum atomic E-state index is 12.5. The number of aromatic nitrogens is 5. The minimum absolute atomic E-state index is 0.103. The van der Waals surface area contributed by atoms with Crippen LogP contribution in [0.15, 0.2) is 12.3 Å². The van der Waals surface area contributed by atoms with Crippen LogP contribution in [0.5, 0.6) is 0 Å². The lowest BCUT2D eigenvalue weighted by molar-refractivity contribution is 0.190. The molecular formula is C15H23N7OS.